The summed E-state index contributed by atoms with van der Waals surface area (Å²) in [6, 6.07) is 14.7. The van der Waals surface area contributed by atoms with Gasteiger partial charge in [0.1, 0.15) is 47.5 Å². The van der Waals surface area contributed by atoms with Crippen molar-refractivity contribution in [2.75, 3.05) is 27.4 Å². The number of benzene rings is 4. The third-order valence-corrected chi connectivity index (χ3v) is 13.5. The van der Waals surface area contributed by atoms with Crippen molar-refractivity contribution in [2.45, 2.75) is 104 Å². The minimum absolute atomic E-state index is 0.0122. The van der Waals surface area contributed by atoms with Crippen LogP contribution in [0.4, 0.5) is 8.78 Å². The molecule has 0 aliphatic carbocycles. The van der Waals surface area contributed by atoms with Gasteiger partial charge in [-0.15, -0.1) is 0 Å². The number of fused-ring (bicyclic) bond motifs is 2. The van der Waals surface area contributed by atoms with Gasteiger partial charge in [-0.2, -0.15) is 0 Å². The van der Waals surface area contributed by atoms with Crippen LogP contribution in [0, 0.1) is 30.4 Å². The van der Waals surface area contributed by atoms with Crippen molar-refractivity contribution < 1.29 is 57.1 Å². The molecule has 0 aliphatic rings. The highest BCUT2D eigenvalue weighted by molar-refractivity contribution is 6.30. The predicted octanol–water partition coefficient (Wildman–Crippen LogP) is 11.1. The van der Waals surface area contributed by atoms with Gasteiger partial charge in [0.15, 0.2) is 0 Å². The van der Waals surface area contributed by atoms with Crippen molar-refractivity contribution in [2.24, 2.45) is 11.8 Å². The molecule has 6 rings (SSSR count). The number of esters is 2. The second-order valence-electron chi connectivity index (χ2n) is 18.9. The van der Waals surface area contributed by atoms with Crippen LogP contribution in [0.1, 0.15) is 133 Å². The zero-order chi connectivity index (χ0) is 53.3. The van der Waals surface area contributed by atoms with E-state index in [1.54, 1.807) is 64.6 Å². The quantitative estimate of drug-likeness (QED) is 0.0432. The molecule has 0 radical (unpaired) electrons. The molecule has 0 amide bonds. The van der Waals surface area contributed by atoms with Gasteiger partial charge < -0.3 is 38.3 Å². The van der Waals surface area contributed by atoms with Crippen molar-refractivity contribution in [1.29, 1.82) is 0 Å². The fourth-order valence-corrected chi connectivity index (χ4v) is 9.25. The molecule has 0 saturated carbocycles. The van der Waals surface area contributed by atoms with E-state index in [0.29, 0.717) is 70.5 Å². The minimum atomic E-state index is -1.43. The maximum absolute atomic E-state index is 15.0. The van der Waals surface area contributed by atoms with E-state index >= 15 is 4.39 Å². The van der Waals surface area contributed by atoms with E-state index in [2.05, 4.69) is 0 Å². The number of unbranched alkanes of at least 4 members (excludes halogenated alkanes) is 4. The zero-order valence-corrected chi connectivity index (χ0v) is 42.8. The van der Waals surface area contributed by atoms with Gasteiger partial charge in [0.2, 0.25) is 10.9 Å². The number of ether oxygens (including phenoxy) is 4. The van der Waals surface area contributed by atoms with Gasteiger partial charge in [0.25, 0.3) is 0 Å². The number of hydrogen-bond acceptors (Lipinski definition) is 10. The largest absolute Gasteiger partial charge is 0.496 e. The van der Waals surface area contributed by atoms with Crippen LogP contribution in [0.5, 0.6) is 11.5 Å². The van der Waals surface area contributed by atoms with Crippen molar-refractivity contribution in [3.8, 4) is 11.5 Å². The fraction of sp³-hybridized carbons (Fsp3) is 0.393. The molecule has 0 aliphatic heterocycles. The Morgan fingerprint density at radius 3 is 1.42 bits per heavy atom. The lowest BCUT2D eigenvalue weighted by atomic mass is 9.97. The summed E-state index contributed by atoms with van der Waals surface area (Å²) in [5.74, 6) is -4.42. The Hall–Kier alpha value is -7.07. The van der Waals surface area contributed by atoms with Crippen LogP contribution in [-0.4, -0.2) is 70.7 Å². The lowest BCUT2D eigenvalue weighted by Crippen LogP contribution is -2.27. The van der Waals surface area contributed by atoms with Gasteiger partial charge in [-0.3, -0.25) is 19.2 Å². The second-order valence-corrected chi connectivity index (χ2v) is 19.3. The number of carboxylic acids is 2. The normalized spacial score (nSPS) is 12.3. The van der Waals surface area contributed by atoms with Gasteiger partial charge in [0, 0.05) is 61.0 Å². The molecule has 0 fully saturated rings. The summed E-state index contributed by atoms with van der Waals surface area (Å²) in [5, 5.41) is 20.2. The van der Waals surface area contributed by atoms with E-state index in [1.807, 2.05) is 27.7 Å². The Labute approximate surface area is 426 Å². The molecule has 6 aromatic rings. The number of aryl methyl sites for hydroxylation is 1. The Morgan fingerprint density at radius 2 is 1.01 bits per heavy atom. The summed E-state index contributed by atoms with van der Waals surface area (Å²) < 4.78 is 56.0. The third-order valence-electron chi connectivity index (χ3n) is 13.2. The van der Waals surface area contributed by atoms with Crippen LogP contribution in [0.3, 0.4) is 0 Å². The second kappa shape index (κ2) is 24.6. The zero-order valence-electron chi connectivity index (χ0n) is 42.0. The SMILES string of the molecule is COc1cc2c(cc1Cc1cccc(C)c1F)c(=O)c(C(=O)O)cn2[C@@H](COC(=O)CCCCCCCC(=O)OC[C@@H](C(C)C)n1cc(C(=O)O)c(=O)c2cc(Cc3cccc(Cl)c3F)c(OC)cc21)C(C)C. The summed E-state index contributed by atoms with van der Waals surface area (Å²) in [4.78, 5) is 77.9. The van der Waals surface area contributed by atoms with Gasteiger partial charge in [0.05, 0.1) is 42.4 Å². The summed E-state index contributed by atoms with van der Waals surface area (Å²) >= 11 is 6.01. The lowest BCUT2D eigenvalue weighted by Gasteiger charge is -2.27. The maximum Gasteiger partial charge on any atom is 0.341 e. The number of hydrogen-bond donors (Lipinski definition) is 2. The van der Waals surface area contributed by atoms with E-state index in [0.717, 1.165) is 6.42 Å². The van der Waals surface area contributed by atoms with Crippen molar-refractivity contribution in [3.05, 3.63) is 149 Å². The Balaban J connectivity index is 1.03. The molecular formula is C56H61ClF2N2O12. The molecule has 4 aromatic carbocycles. The summed E-state index contributed by atoms with van der Waals surface area (Å²) in [7, 11) is 2.89. The number of nitrogens with zero attached hydrogens (tertiary/aromatic N) is 2. The predicted molar refractivity (Wildman–Crippen MR) is 274 cm³/mol. The molecule has 73 heavy (non-hydrogen) atoms. The average Bonchev–Trinajstić information content (AvgIpc) is 3.34. The van der Waals surface area contributed by atoms with Gasteiger partial charge in [-0.1, -0.05) is 88.9 Å². The summed E-state index contributed by atoms with van der Waals surface area (Å²) in [6.07, 6.45) is 5.98. The number of rotatable bonds is 24. The molecule has 0 spiro atoms. The number of methoxy groups -OCH3 is 2. The fourth-order valence-electron chi connectivity index (χ4n) is 9.05. The topological polar surface area (TPSA) is 190 Å². The molecular weight excluding hydrogens is 966 g/mol. The first kappa shape index (κ1) is 55.2. The van der Waals surface area contributed by atoms with E-state index in [1.165, 1.54) is 38.7 Å². The van der Waals surface area contributed by atoms with Crippen LogP contribution < -0.4 is 20.3 Å². The lowest BCUT2D eigenvalue weighted by molar-refractivity contribution is -0.146. The van der Waals surface area contributed by atoms with E-state index < -0.39 is 63.8 Å². The van der Waals surface area contributed by atoms with Crippen LogP contribution in [0.2, 0.25) is 5.02 Å². The van der Waals surface area contributed by atoms with Crippen molar-refractivity contribution in [1.82, 2.24) is 9.13 Å². The molecule has 2 aromatic heterocycles. The van der Waals surface area contributed by atoms with Gasteiger partial charge in [-0.05, 0) is 77.6 Å². The Bertz CT molecular complexity index is 2960. The first-order valence-corrected chi connectivity index (χ1v) is 24.6. The number of carboxylic acid groups (broad SMARTS) is 2. The Morgan fingerprint density at radius 1 is 0.603 bits per heavy atom. The van der Waals surface area contributed by atoms with Gasteiger partial charge in [-0.25, -0.2) is 18.4 Å². The standard InChI is InChI=1S/C56H61ClF2N2O12/c1-31(2)45(60-27-40(55(66)67)53(64)38-23-36(47(70-6)25-43(38)60)21-34-16-13-15-33(5)51(34)58)29-72-49(62)19-11-9-8-10-12-20-50(63)73-30-46(32(3)4)61-28-41(56(68)69)54(65)39-24-37(48(71-7)26-44(39)61)22-35-17-14-18-42(57)52(35)59/h13-18,23-28,31-32,45-46H,8-12,19-22,29-30H2,1-7H3,(H,66,67)(H,68,69)/t45-,46-/m0/s1. The molecule has 17 heteroatoms. The van der Waals surface area contributed by atoms with E-state index in [9.17, 15) is 43.4 Å². The summed E-state index contributed by atoms with van der Waals surface area (Å²) in [5.41, 5.74) is 0.380. The smallest absolute Gasteiger partial charge is 0.341 e. The molecule has 2 N–H and O–H groups in total. The highest BCUT2D eigenvalue weighted by Crippen LogP contribution is 2.34. The molecule has 388 valence electrons. The number of carbonyl (C=O) groups is 4. The van der Waals surface area contributed by atoms with Gasteiger partial charge >= 0.3 is 23.9 Å². The monoisotopic (exact) mass is 1030 g/mol. The number of pyridine rings is 2. The van der Waals surface area contributed by atoms with Crippen molar-refractivity contribution in [3.63, 3.8) is 0 Å². The number of aromatic carboxylic acids is 2. The van der Waals surface area contributed by atoms with Crippen LogP contribution >= 0.6 is 11.6 Å². The molecule has 14 nitrogen and oxygen atoms in total. The number of halogens is 3. The van der Waals surface area contributed by atoms with Crippen LogP contribution in [-0.2, 0) is 31.9 Å². The highest BCUT2D eigenvalue weighted by Gasteiger charge is 2.27. The van der Waals surface area contributed by atoms with Crippen LogP contribution in [0.25, 0.3) is 21.8 Å². The molecule has 2 heterocycles. The third kappa shape index (κ3) is 12.9. The van der Waals surface area contributed by atoms with E-state index in [4.69, 9.17) is 30.5 Å². The number of aromatic nitrogens is 2. The number of carbonyl (C=O) groups excluding carboxylic acids is 2. The maximum atomic E-state index is 15.0. The summed E-state index contributed by atoms with van der Waals surface area (Å²) in [6.45, 7) is 8.98. The minimum Gasteiger partial charge on any atom is -0.496 e. The first-order chi connectivity index (χ1) is 34.7. The molecule has 0 unspecified atom stereocenters. The molecule has 0 bridgehead atoms. The highest BCUT2D eigenvalue weighted by atomic mass is 35.5. The molecule has 2 atom stereocenters. The van der Waals surface area contributed by atoms with Crippen molar-refractivity contribution >= 4 is 57.3 Å². The Kier molecular flexibility index (Phi) is 18.6. The average molecular weight is 1030 g/mol. The van der Waals surface area contributed by atoms with E-state index in [-0.39, 0.29) is 77.9 Å². The molecule has 0 saturated heterocycles. The van der Waals surface area contributed by atoms with Crippen LogP contribution in [0.15, 0.2) is 82.6 Å². The first-order valence-electron chi connectivity index (χ1n) is 24.2.